The molecule has 8 nitrogen and oxygen atoms in total. The van der Waals surface area contributed by atoms with Gasteiger partial charge in [-0.15, -0.1) is 0 Å². The highest BCUT2D eigenvalue weighted by Gasteiger charge is 2.45. The van der Waals surface area contributed by atoms with Crippen molar-refractivity contribution in [1.29, 1.82) is 0 Å². The van der Waals surface area contributed by atoms with Gasteiger partial charge in [0, 0.05) is 25.0 Å². The largest absolute Gasteiger partial charge is 0.416 e. The molecule has 2 heterocycles. The van der Waals surface area contributed by atoms with Gasteiger partial charge in [-0.3, -0.25) is 9.69 Å². The van der Waals surface area contributed by atoms with E-state index in [4.69, 9.17) is 16.7 Å². The van der Waals surface area contributed by atoms with E-state index in [1.807, 2.05) is 0 Å². The number of nitrogens with zero attached hydrogens (tertiary/aromatic N) is 4. The fraction of sp³-hybridized carbons (Fsp3) is 0.409. The SMILES string of the molecule is Cc1cc(C(F)(F)F)cc(N2C(=O)N(CCC(O)CO)C[C@H]2C(=O)N(C)c2ccc(F)c(Cl)c2)n1. The number of aryl methyl sites for hydroxylation is 1. The summed E-state index contributed by atoms with van der Waals surface area (Å²) in [5, 5.41) is 18.5. The Hall–Kier alpha value is -2.96. The molecule has 2 N–H and O–H groups in total. The Morgan fingerprint density at radius 1 is 1.31 bits per heavy atom. The van der Waals surface area contributed by atoms with Gasteiger partial charge in [0.05, 0.1) is 29.8 Å². The molecular formula is C22H23ClF4N4O4. The number of aromatic nitrogens is 1. The molecule has 1 aliphatic rings. The molecule has 35 heavy (non-hydrogen) atoms. The minimum Gasteiger partial charge on any atom is -0.394 e. The summed E-state index contributed by atoms with van der Waals surface area (Å²) in [5.41, 5.74) is -0.843. The monoisotopic (exact) mass is 518 g/mol. The van der Waals surface area contributed by atoms with E-state index in [0.29, 0.717) is 6.07 Å². The number of likely N-dealkylation sites (N-methyl/N-ethyl adjacent to an activating group) is 1. The van der Waals surface area contributed by atoms with Gasteiger partial charge in [0.2, 0.25) is 0 Å². The van der Waals surface area contributed by atoms with E-state index in [1.165, 1.54) is 31.0 Å². The molecule has 1 unspecified atom stereocenters. The molecule has 0 aliphatic carbocycles. The van der Waals surface area contributed by atoms with Crippen LogP contribution in [0.4, 0.5) is 33.9 Å². The molecule has 1 aromatic carbocycles. The molecule has 0 spiro atoms. The van der Waals surface area contributed by atoms with Crippen molar-refractivity contribution in [2.24, 2.45) is 0 Å². The zero-order valence-corrected chi connectivity index (χ0v) is 19.5. The normalized spacial score (nSPS) is 17.2. The van der Waals surface area contributed by atoms with E-state index < -0.39 is 48.2 Å². The second-order valence-corrected chi connectivity index (χ2v) is 8.50. The number of pyridine rings is 1. The van der Waals surface area contributed by atoms with Crippen LogP contribution < -0.4 is 9.80 Å². The molecular weight excluding hydrogens is 496 g/mol. The minimum absolute atomic E-state index is 0.0124. The number of aliphatic hydroxyl groups excluding tert-OH is 2. The molecule has 0 bridgehead atoms. The van der Waals surface area contributed by atoms with Gasteiger partial charge >= 0.3 is 12.2 Å². The summed E-state index contributed by atoms with van der Waals surface area (Å²) in [6.07, 6.45) is -5.85. The van der Waals surface area contributed by atoms with Gasteiger partial charge in [-0.1, -0.05) is 11.6 Å². The number of alkyl halides is 3. The molecule has 0 radical (unpaired) electrons. The lowest BCUT2D eigenvalue weighted by molar-refractivity contribution is -0.137. The lowest BCUT2D eigenvalue weighted by atomic mass is 10.1. The van der Waals surface area contributed by atoms with E-state index in [0.717, 1.165) is 21.9 Å². The van der Waals surface area contributed by atoms with Crippen LogP contribution in [0.3, 0.4) is 0 Å². The predicted molar refractivity (Wildman–Crippen MR) is 120 cm³/mol. The van der Waals surface area contributed by atoms with Crippen LogP contribution in [0.2, 0.25) is 5.02 Å². The van der Waals surface area contributed by atoms with Crippen LogP contribution in [-0.4, -0.2) is 70.9 Å². The fourth-order valence-corrected chi connectivity index (χ4v) is 3.84. The predicted octanol–water partition coefficient (Wildman–Crippen LogP) is 3.22. The summed E-state index contributed by atoms with van der Waals surface area (Å²) in [6.45, 7) is 0.506. The molecule has 2 aromatic rings. The third-order valence-electron chi connectivity index (χ3n) is 5.54. The summed E-state index contributed by atoms with van der Waals surface area (Å²) in [5.74, 6) is -1.74. The van der Waals surface area contributed by atoms with Crippen molar-refractivity contribution in [2.75, 3.05) is 36.5 Å². The molecule has 1 saturated heterocycles. The van der Waals surface area contributed by atoms with Crippen LogP contribution in [0.25, 0.3) is 0 Å². The average Bonchev–Trinajstić information content (AvgIpc) is 3.13. The summed E-state index contributed by atoms with van der Waals surface area (Å²) in [6, 6.07) is 3.00. The number of benzene rings is 1. The topological polar surface area (TPSA) is 97.2 Å². The maximum Gasteiger partial charge on any atom is 0.416 e. The Morgan fingerprint density at radius 2 is 2.00 bits per heavy atom. The van der Waals surface area contributed by atoms with Crippen LogP contribution in [0.15, 0.2) is 30.3 Å². The molecule has 1 fully saturated rings. The van der Waals surface area contributed by atoms with Crippen molar-refractivity contribution in [3.05, 3.63) is 52.4 Å². The molecule has 3 amide bonds. The van der Waals surface area contributed by atoms with Crippen molar-refractivity contribution in [3.8, 4) is 0 Å². The van der Waals surface area contributed by atoms with E-state index in [2.05, 4.69) is 4.98 Å². The first-order valence-electron chi connectivity index (χ1n) is 10.5. The first-order valence-corrected chi connectivity index (χ1v) is 10.9. The molecule has 190 valence electrons. The Labute approximate surface area is 203 Å². The van der Waals surface area contributed by atoms with Gasteiger partial charge in [0.25, 0.3) is 5.91 Å². The number of aliphatic hydroxyl groups is 2. The Morgan fingerprint density at radius 3 is 2.60 bits per heavy atom. The minimum atomic E-state index is -4.71. The summed E-state index contributed by atoms with van der Waals surface area (Å²) >= 11 is 5.81. The average molecular weight is 519 g/mol. The zero-order chi connectivity index (χ0) is 26.1. The number of carbonyl (C=O) groups excluding carboxylic acids is 2. The number of urea groups is 1. The highest BCUT2D eigenvalue weighted by atomic mass is 35.5. The van der Waals surface area contributed by atoms with Crippen LogP contribution in [-0.2, 0) is 11.0 Å². The van der Waals surface area contributed by atoms with Gasteiger partial charge < -0.3 is 20.0 Å². The standard InChI is InChI=1S/C22H23ClF4N4O4/c1-12-7-13(22(25,26)27)8-19(28-12)31-18(10-30(21(31)35)6-5-15(33)11-32)20(34)29(2)14-3-4-17(24)16(23)9-14/h3-4,7-9,15,18,32-33H,5-6,10-11H2,1-2H3/t15?,18-/m0/s1. The fourth-order valence-electron chi connectivity index (χ4n) is 3.67. The second-order valence-electron chi connectivity index (χ2n) is 8.09. The maximum absolute atomic E-state index is 13.6. The Bertz CT molecular complexity index is 1120. The quantitative estimate of drug-likeness (QED) is 0.549. The van der Waals surface area contributed by atoms with Crippen molar-refractivity contribution in [2.45, 2.75) is 31.7 Å². The number of anilines is 2. The second kappa shape index (κ2) is 10.3. The van der Waals surface area contributed by atoms with Gasteiger partial charge in [-0.05, 0) is 43.7 Å². The number of hydrogen-bond acceptors (Lipinski definition) is 5. The summed E-state index contributed by atoms with van der Waals surface area (Å²) < 4.78 is 53.8. The Kier molecular flexibility index (Phi) is 7.87. The molecule has 1 aliphatic heterocycles. The van der Waals surface area contributed by atoms with E-state index in [1.54, 1.807) is 0 Å². The number of rotatable bonds is 7. The van der Waals surface area contributed by atoms with Crippen molar-refractivity contribution in [1.82, 2.24) is 9.88 Å². The number of carbonyl (C=O) groups is 2. The van der Waals surface area contributed by atoms with Gasteiger partial charge in [-0.25, -0.2) is 14.2 Å². The van der Waals surface area contributed by atoms with E-state index in [-0.39, 0.29) is 41.7 Å². The van der Waals surface area contributed by atoms with Gasteiger partial charge in [0.1, 0.15) is 17.7 Å². The lowest BCUT2D eigenvalue weighted by Crippen LogP contribution is -2.47. The highest BCUT2D eigenvalue weighted by molar-refractivity contribution is 6.31. The Balaban J connectivity index is 2.00. The van der Waals surface area contributed by atoms with Crippen molar-refractivity contribution in [3.63, 3.8) is 0 Å². The first-order chi connectivity index (χ1) is 16.3. The number of hydrogen-bond donors (Lipinski definition) is 2. The van der Waals surface area contributed by atoms with Crippen LogP contribution in [0.1, 0.15) is 17.7 Å². The van der Waals surface area contributed by atoms with Crippen molar-refractivity contribution < 1.29 is 37.4 Å². The number of amides is 3. The highest BCUT2D eigenvalue weighted by Crippen LogP contribution is 2.34. The molecule has 3 rings (SSSR count). The van der Waals surface area contributed by atoms with Crippen molar-refractivity contribution >= 4 is 35.0 Å². The number of halogens is 5. The van der Waals surface area contributed by atoms with Crippen LogP contribution in [0, 0.1) is 12.7 Å². The third kappa shape index (κ3) is 5.82. The molecule has 2 atom stereocenters. The molecule has 13 heteroatoms. The van der Waals surface area contributed by atoms with Gasteiger partial charge in [-0.2, -0.15) is 13.2 Å². The summed E-state index contributed by atoms with van der Waals surface area (Å²) in [4.78, 5) is 33.8. The lowest BCUT2D eigenvalue weighted by Gasteiger charge is -2.27. The first kappa shape index (κ1) is 26.6. The maximum atomic E-state index is 13.6. The zero-order valence-electron chi connectivity index (χ0n) is 18.8. The molecule has 1 aromatic heterocycles. The summed E-state index contributed by atoms with van der Waals surface area (Å²) in [7, 11) is 1.36. The van der Waals surface area contributed by atoms with Crippen LogP contribution in [0.5, 0.6) is 0 Å². The van der Waals surface area contributed by atoms with E-state index in [9.17, 15) is 32.3 Å². The smallest absolute Gasteiger partial charge is 0.394 e. The molecule has 0 saturated carbocycles. The van der Waals surface area contributed by atoms with Gasteiger partial charge in [0.15, 0.2) is 0 Å². The van der Waals surface area contributed by atoms with E-state index >= 15 is 0 Å². The van der Waals surface area contributed by atoms with Crippen LogP contribution >= 0.6 is 11.6 Å². The third-order valence-corrected chi connectivity index (χ3v) is 5.83.